The number of hydrogen-bond acceptors (Lipinski definition) is 4. The van der Waals surface area contributed by atoms with Crippen LogP contribution in [0, 0.1) is 0 Å². The molecule has 1 aliphatic rings. The molecule has 0 bridgehead atoms. The second kappa shape index (κ2) is 7.80. The lowest BCUT2D eigenvalue weighted by atomic mass is 10.0. The molecule has 4 nitrogen and oxygen atoms in total. The first-order chi connectivity index (χ1) is 13.2. The molecule has 1 fully saturated rings. The molecule has 3 aromatic carbocycles. The molecule has 0 spiro atoms. The number of nitrogens with zero attached hydrogens (tertiary/aromatic N) is 3. The smallest absolute Gasteiger partial charge is 0.115 e. The van der Waals surface area contributed by atoms with E-state index in [9.17, 15) is 5.11 Å². The number of phenols is 1. The zero-order valence-corrected chi connectivity index (χ0v) is 15.7. The summed E-state index contributed by atoms with van der Waals surface area (Å²) in [6, 6.07) is 22.4. The molecule has 1 heterocycles. The van der Waals surface area contributed by atoms with Crippen LogP contribution in [0.2, 0.25) is 0 Å². The molecule has 1 saturated heterocycles. The van der Waals surface area contributed by atoms with E-state index < -0.39 is 0 Å². The number of fused-ring (bicyclic) bond motifs is 1. The van der Waals surface area contributed by atoms with E-state index in [-0.39, 0.29) is 5.75 Å². The summed E-state index contributed by atoms with van der Waals surface area (Å²) in [6.07, 6.45) is 0. The van der Waals surface area contributed by atoms with Crippen molar-refractivity contribution in [1.82, 2.24) is 9.91 Å². The van der Waals surface area contributed by atoms with E-state index >= 15 is 0 Å². The SMILES string of the molecule is C/C(=N/N1CCN(Cc2cccc3ccccc23)CC1)c1ccc(O)cc1. The summed E-state index contributed by atoms with van der Waals surface area (Å²) in [6.45, 7) is 6.89. The van der Waals surface area contributed by atoms with Gasteiger partial charge in [0.2, 0.25) is 0 Å². The average molecular weight is 359 g/mol. The number of rotatable bonds is 4. The molecule has 1 aliphatic heterocycles. The fourth-order valence-corrected chi connectivity index (χ4v) is 3.64. The summed E-state index contributed by atoms with van der Waals surface area (Å²) in [4.78, 5) is 2.50. The van der Waals surface area contributed by atoms with Crippen LogP contribution in [-0.2, 0) is 6.54 Å². The van der Waals surface area contributed by atoms with Crippen molar-refractivity contribution < 1.29 is 5.11 Å². The lowest BCUT2D eigenvalue weighted by Gasteiger charge is -2.33. The molecule has 3 aromatic rings. The second-order valence-corrected chi connectivity index (χ2v) is 7.10. The zero-order chi connectivity index (χ0) is 18.6. The van der Waals surface area contributed by atoms with E-state index in [2.05, 4.69) is 52.4 Å². The van der Waals surface area contributed by atoms with Crippen molar-refractivity contribution in [3.63, 3.8) is 0 Å². The van der Waals surface area contributed by atoms with Crippen LogP contribution in [0.4, 0.5) is 0 Å². The highest BCUT2D eigenvalue weighted by Crippen LogP contribution is 2.20. The van der Waals surface area contributed by atoms with Crippen LogP contribution in [-0.4, -0.2) is 46.9 Å². The first kappa shape index (κ1) is 17.6. The van der Waals surface area contributed by atoms with Crippen molar-refractivity contribution in [3.8, 4) is 5.75 Å². The topological polar surface area (TPSA) is 39.1 Å². The van der Waals surface area contributed by atoms with Crippen LogP contribution in [0.25, 0.3) is 10.8 Å². The third-order valence-corrected chi connectivity index (χ3v) is 5.20. The molecule has 1 N–H and O–H groups in total. The molecule has 0 aliphatic carbocycles. The Morgan fingerprint density at radius 2 is 1.59 bits per heavy atom. The number of benzene rings is 3. The van der Waals surface area contributed by atoms with Gasteiger partial charge in [0.05, 0.1) is 5.71 Å². The van der Waals surface area contributed by atoms with Gasteiger partial charge in [-0.3, -0.25) is 9.91 Å². The predicted octanol–water partition coefficient (Wildman–Crippen LogP) is 4.09. The molecule has 0 saturated carbocycles. The standard InChI is InChI=1S/C23H25N3O/c1-18(19-9-11-22(27)12-10-19)24-26-15-13-25(14-16-26)17-21-7-4-6-20-5-2-3-8-23(20)21/h2-12,27H,13-17H2,1H3/b24-18-. The van der Waals surface area contributed by atoms with E-state index in [1.807, 2.05) is 19.1 Å². The van der Waals surface area contributed by atoms with Crippen LogP contribution < -0.4 is 0 Å². The zero-order valence-electron chi connectivity index (χ0n) is 15.7. The van der Waals surface area contributed by atoms with Crippen molar-refractivity contribution in [1.29, 1.82) is 0 Å². The molecule has 0 aromatic heterocycles. The quantitative estimate of drug-likeness (QED) is 0.713. The van der Waals surface area contributed by atoms with Crippen molar-refractivity contribution in [2.75, 3.05) is 26.2 Å². The van der Waals surface area contributed by atoms with Gasteiger partial charge in [0, 0.05) is 32.7 Å². The Morgan fingerprint density at radius 1 is 0.889 bits per heavy atom. The largest absolute Gasteiger partial charge is 0.508 e. The highest BCUT2D eigenvalue weighted by molar-refractivity contribution is 5.98. The van der Waals surface area contributed by atoms with Gasteiger partial charge in [-0.1, -0.05) is 42.5 Å². The minimum absolute atomic E-state index is 0.286. The van der Waals surface area contributed by atoms with E-state index in [1.165, 1.54) is 16.3 Å². The number of hydrazone groups is 1. The molecule has 138 valence electrons. The lowest BCUT2D eigenvalue weighted by molar-refractivity contribution is 0.131. The van der Waals surface area contributed by atoms with Gasteiger partial charge in [0.15, 0.2) is 0 Å². The molecule has 4 rings (SSSR count). The summed E-state index contributed by atoms with van der Waals surface area (Å²) in [5.41, 5.74) is 3.42. The minimum atomic E-state index is 0.286. The molecular weight excluding hydrogens is 334 g/mol. The van der Waals surface area contributed by atoms with Crippen LogP contribution in [0.3, 0.4) is 0 Å². The molecule has 0 unspecified atom stereocenters. The van der Waals surface area contributed by atoms with Gasteiger partial charge in [-0.05, 0) is 53.1 Å². The third-order valence-electron chi connectivity index (χ3n) is 5.20. The van der Waals surface area contributed by atoms with Crippen LogP contribution >= 0.6 is 0 Å². The summed E-state index contributed by atoms with van der Waals surface area (Å²) in [7, 11) is 0. The van der Waals surface area contributed by atoms with Gasteiger partial charge in [0.1, 0.15) is 5.75 Å². The van der Waals surface area contributed by atoms with E-state index in [1.54, 1.807) is 12.1 Å². The average Bonchev–Trinajstić information content (AvgIpc) is 2.70. The van der Waals surface area contributed by atoms with Crippen LogP contribution in [0.15, 0.2) is 71.8 Å². The number of piperazine rings is 1. The predicted molar refractivity (Wildman–Crippen MR) is 111 cm³/mol. The first-order valence-corrected chi connectivity index (χ1v) is 9.47. The Morgan fingerprint density at radius 3 is 2.37 bits per heavy atom. The van der Waals surface area contributed by atoms with E-state index in [4.69, 9.17) is 5.10 Å². The van der Waals surface area contributed by atoms with Gasteiger partial charge in [-0.25, -0.2) is 0 Å². The van der Waals surface area contributed by atoms with Crippen molar-refractivity contribution >= 4 is 16.5 Å². The van der Waals surface area contributed by atoms with Gasteiger partial charge >= 0.3 is 0 Å². The fraction of sp³-hybridized carbons (Fsp3) is 0.261. The molecule has 27 heavy (non-hydrogen) atoms. The van der Waals surface area contributed by atoms with Gasteiger partial charge < -0.3 is 5.11 Å². The normalized spacial score (nSPS) is 16.0. The number of hydrogen-bond donors (Lipinski definition) is 1. The minimum Gasteiger partial charge on any atom is -0.508 e. The fourth-order valence-electron chi connectivity index (χ4n) is 3.64. The van der Waals surface area contributed by atoms with Gasteiger partial charge in [-0.15, -0.1) is 0 Å². The maximum Gasteiger partial charge on any atom is 0.115 e. The Hall–Kier alpha value is -2.85. The Kier molecular flexibility index (Phi) is 5.07. The molecule has 0 atom stereocenters. The van der Waals surface area contributed by atoms with Gasteiger partial charge in [0.25, 0.3) is 0 Å². The molecule has 0 amide bonds. The molecule has 0 radical (unpaired) electrons. The lowest BCUT2D eigenvalue weighted by Crippen LogP contribution is -2.43. The maximum absolute atomic E-state index is 9.42. The van der Waals surface area contributed by atoms with Crippen LogP contribution in [0.1, 0.15) is 18.1 Å². The molecule has 4 heteroatoms. The van der Waals surface area contributed by atoms with Crippen molar-refractivity contribution in [2.24, 2.45) is 5.10 Å². The monoisotopic (exact) mass is 359 g/mol. The van der Waals surface area contributed by atoms with E-state index in [0.29, 0.717) is 0 Å². The summed E-state index contributed by atoms with van der Waals surface area (Å²) >= 11 is 0. The maximum atomic E-state index is 9.42. The third kappa shape index (κ3) is 4.12. The summed E-state index contributed by atoms with van der Waals surface area (Å²) < 4.78 is 0. The number of phenolic OH excluding ortho intramolecular Hbond substituents is 1. The Bertz CT molecular complexity index is 936. The van der Waals surface area contributed by atoms with Crippen molar-refractivity contribution in [2.45, 2.75) is 13.5 Å². The van der Waals surface area contributed by atoms with Crippen molar-refractivity contribution in [3.05, 3.63) is 77.9 Å². The first-order valence-electron chi connectivity index (χ1n) is 9.47. The Balaban J connectivity index is 1.39. The highest BCUT2D eigenvalue weighted by atomic mass is 16.3. The second-order valence-electron chi connectivity index (χ2n) is 7.10. The summed E-state index contributed by atoms with van der Waals surface area (Å²) in [5, 5.41) is 19.0. The number of aromatic hydroxyl groups is 1. The van der Waals surface area contributed by atoms with Crippen LogP contribution in [0.5, 0.6) is 5.75 Å². The van der Waals surface area contributed by atoms with E-state index in [0.717, 1.165) is 44.0 Å². The summed E-state index contributed by atoms with van der Waals surface area (Å²) in [5.74, 6) is 0.286. The van der Waals surface area contributed by atoms with Gasteiger partial charge in [-0.2, -0.15) is 5.10 Å². The highest BCUT2D eigenvalue weighted by Gasteiger charge is 2.17. The Labute approximate surface area is 160 Å². The molecular formula is C23H25N3O.